The fraction of sp³-hybridized carbons (Fsp3) is 0.471. The van der Waals surface area contributed by atoms with Crippen molar-refractivity contribution < 1.29 is 9.66 Å². The molecule has 0 bridgehead atoms. The minimum Gasteiger partial charge on any atom is -0.497 e. The maximum Gasteiger partial charge on any atom is 0.334 e. The van der Waals surface area contributed by atoms with E-state index in [0.29, 0.717) is 17.9 Å². The van der Waals surface area contributed by atoms with E-state index < -0.39 is 0 Å². The van der Waals surface area contributed by atoms with Gasteiger partial charge in [-0.1, -0.05) is 6.92 Å². The van der Waals surface area contributed by atoms with E-state index in [2.05, 4.69) is 14.9 Å². The molecular formula is C17H23N5O3. The molecule has 1 aromatic carbocycles. The van der Waals surface area contributed by atoms with E-state index in [1.165, 1.54) is 0 Å². The first-order chi connectivity index (χ1) is 12.0. The fourth-order valence-electron chi connectivity index (χ4n) is 3.31. The molecule has 1 saturated heterocycles. The summed E-state index contributed by atoms with van der Waals surface area (Å²) in [5.74, 6) is 1.44. The summed E-state index contributed by atoms with van der Waals surface area (Å²) in [6.07, 6.45) is 0.552. The number of hydrogen-bond acceptors (Lipinski definition) is 6. The minimum atomic E-state index is -0.309. The molecule has 0 aliphatic carbocycles. The summed E-state index contributed by atoms with van der Waals surface area (Å²) >= 11 is 0. The van der Waals surface area contributed by atoms with Gasteiger partial charge in [0.1, 0.15) is 11.4 Å². The van der Waals surface area contributed by atoms with Crippen LogP contribution in [0.25, 0.3) is 0 Å². The van der Waals surface area contributed by atoms with Crippen LogP contribution in [0.4, 0.5) is 17.2 Å². The Kier molecular flexibility index (Phi) is 4.78. The Morgan fingerprint density at radius 3 is 2.28 bits per heavy atom. The van der Waals surface area contributed by atoms with Crippen LogP contribution in [0.5, 0.6) is 5.75 Å². The first-order valence-corrected chi connectivity index (χ1v) is 8.39. The molecule has 0 N–H and O–H groups in total. The van der Waals surface area contributed by atoms with Gasteiger partial charge in [-0.25, -0.2) is 4.68 Å². The molecule has 0 atom stereocenters. The molecule has 134 valence electrons. The fourth-order valence-corrected chi connectivity index (χ4v) is 3.31. The molecule has 0 amide bonds. The lowest BCUT2D eigenvalue weighted by atomic mass is 10.2. The number of piperazine rings is 1. The number of methoxy groups -OCH3 is 1. The zero-order valence-electron chi connectivity index (χ0n) is 14.8. The number of nitrogens with zero attached hydrogens (tertiary/aromatic N) is 5. The van der Waals surface area contributed by atoms with Crippen LogP contribution in [-0.2, 0) is 13.5 Å². The zero-order chi connectivity index (χ0) is 18.0. The largest absolute Gasteiger partial charge is 0.497 e. The van der Waals surface area contributed by atoms with Crippen molar-refractivity contribution in [1.82, 2.24) is 9.78 Å². The van der Waals surface area contributed by atoms with Crippen LogP contribution in [0.15, 0.2) is 24.3 Å². The highest BCUT2D eigenvalue weighted by molar-refractivity contribution is 5.62. The van der Waals surface area contributed by atoms with Crippen molar-refractivity contribution >= 4 is 17.2 Å². The number of aryl methyl sites for hydroxylation is 2. The van der Waals surface area contributed by atoms with Crippen molar-refractivity contribution in [3.8, 4) is 5.75 Å². The van der Waals surface area contributed by atoms with Gasteiger partial charge in [0.05, 0.1) is 12.0 Å². The molecule has 25 heavy (non-hydrogen) atoms. The number of hydrogen-bond donors (Lipinski definition) is 0. The molecule has 2 heterocycles. The van der Waals surface area contributed by atoms with Gasteiger partial charge >= 0.3 is 5.69 Å². The molecule has 0 radical (unpaired) electrons. The van der Waals surface area contributed by atoms with E-state index in [9.17, 15) is 10.1 Å². The maximum atomic E-state index is 11.5. The smallest absolute Gasteiger partial charge is 0.334 e. The molecule has 8 heteroatoms. The van der Waals surface area contributed by atoms with Gasteiger partial charge in [0, 0.05) is 38.9 Å². The van der Waals surface area contributed by atoms with Gasteiger partial charge in [-0.05, 0) is 30.7 Å². The monoisotopic (exact) mass is 345 g/mol. The van der Waals surface area contributed by atoms with Crippen LogP contribution in [0.3, 0.4) is 0 Å². The van der Waals surface area contributed by atoms with E-state index in [-0.39, 0.29) is 10.6 Å². The molecule has 2 aromatic rings. The molecule has 1 aromatic heterocycles. The molecule has 0 unspecified atom stereocenters. The van der Waals surface area contributed by atoms with Crippen LogP contribution in [0, 0.1) is 10.1 Å². The first-order valence-electron chi connectivity index (χ1n) is 8.39. The van der Waals surface area contributed by atoms with Crippen LogP contribution < -0.4 is 14.5 Å². The normalized spacial score (nSPS) is 14.7. The quantitative estimate of drug-likeness (QED) is 0.611. The van der Waals surface area contributed by atoms with Crippen molar-refractivity contribution in [3.63, 3.8) is 0 Å². The van der Waals surface area contributed by atoms with E-state index in [0.717, 1.165) is 37.6 Å². The lowest BCUT2D eigenvalue weighted by Crippen LogP contribution is -2.47. The summed E-state index contributed by atoms with van der Waals surface area (Å²) in [6, 6.07) is 7.97. The Balaban J connectivity index is 1.76. The summed E-state index contributed by atoms with van der Waals surface area (Å²) < 4.78 is 6.83. The highest BCUT2D eigenvalue weighted by Gasteiger charge is 2.31. The van der Waals surface area contributed by atoms with E-state index >= 15 is 0 Å². The molecule has 1 aliphatic rings. The second kappa shape index (κ2) is 7.00. The molecular weight excluding hydrogens is 322 g/mol. The highest BCUT2D eigenvalue weighted by Crippen LogP contribution is 2.33. The van der Waals surface area contributed by atoms with E-state index in [1.54, 1.807) is 18.8 Å². The third-order valence-electron chi connectivity index (χ3n) is 4.60. The second-order valence-electron chi connectivity index (χ2n) is 6.03. The third-order valence-corrected chi connectivity index (χ3v) is 4.60. The average molecular weight is 345 g/mol. The predicted molar refractivity (Wildman–Crippen MR) is 96.7 cm³/mol. The maximum absolute atomic E-state index is 11.5. The van der Waals surface area contributed by atoms with Crippen molar-refractivity contribution in [3.05, 3.63) is 40.1 Å². The Morgan fingerprint density at radius 2 is 1.76 bits per heavy atom. The standard InChI is InChI=1S/C17H23N5O3/c1-4-15-16(22(23)24)17(19(2)18-15)21-11-9-20(10-12-21)13-5-7-14(25-3)8-6-13/h5-8H,4,9-12H2,1-3H3. The van der Waals surface area contributed by atoms with Crippen LogP contribution in [0.2, 0.25) is 0 Å². The van der Waals surface area contributed by atoms with Gasteiger partial charge in [0.2, 0.25) is 5.82 Å². The lowest BCUT2D eigenvalue weighted by molar-refractivity contribution is -0.384. The molecule has 8 nitrogen and oxygen atoms in total. The van der Waals surface area contributed by atoms with E-state index in [1.807, 2.05) is 31.2 Å². The first kappa shape index (κ1) is 17.1. The van der Waals surface area contributed by atoms with Gasteiger partial charge in [-0.2, -0.15) is 5.10 Å². The Morgan fingerprint density at radius 1 is 1.16 bits per heavy atom. The minimum absolute atomic E-state index is 0.142. The van der Waals surface area contributed by atoms with Gasteiger partial charge in [0.15, 0.2) is 0 Å². The topological polar surface area (TPSA) is 76.7 Å². The van der Waals surface area contributed by atoms with Crippen molar-refractivity contribution in [2.45, 2.75) is 13.3 Å². The van der Waals surface area contributed by atoms with Crippen molar-refractivity contribution in [2.75, 3.05) is 43.1 Å². The van der Waals surface area contributed by atoms with Gasteiger partial charge in [0.25, 0.3) is 0 Å². The molecule has 0 saturated carbocycles. The predicted octanol–water partition coefficient (Wildman–Crippen LogP) is 2.23. The molecule has 3 rings (SSSR count). The summed E-state index contributed by atoms with van der Waals surface area (Å²) in [4.78, 5) is 15.5. The number of nitro groups is 1. The second-order valence-corrected chi connectivity index (χ2v) is 6.03. The van der Waals surface area contributed by atoms with Crippen molar-refractivity contribution in [1.29, 1.82) is 0 Å². The van der Waals surface area contributed by atoms with E-state index in [4.69, 9.17) is 4.74 Å². The Bertz CT molecular complexity index is 748. The SMILES string of the molecule is CCc1nn(C)c(N2CCN(c3ccc(OC)cc3)CC2)c1[N+](=O)[O-]. The highest BCUT2D eigenvalue weighted by atomic mass is 16.6. The summed E-state index contributed by atoms with van der Waals surface area (Å²) in [5.41, 5.74) is 1.82. The van der Waals surface area contributed by atoms with Crippen LogP contribution >= 0.6 is 0 Å². The molecule has 0 spiro atoms. The van der Waals surface area contributed by atoms with Crippen LogP contribution in [0.1, 0.15) is 12.6 Å². The molecule has 1 fully saturated rings. The lowest BCUT2D eigenvalue weighted by Gasteiger charge is -2.36. The number of benzene rings is 1. The summed E-state index contributed by atoms with van der Waals surface area (Å²) in [5, 5.41) is 15.8. The van der Waals surface area contributed by atoms with Crippen LogP contribution in [-0.4, -0.2) is 48.0 Å². The van der Waals surface area contributed by atoms with Crippen molar-refractivity contribution in [2.24, 2.45) is 7.05 Å². The Hall–Kier alpha value is -2.77. The third kappa shape index (κ3) is 3.24. The number of ether oxygens (including phenoxy) is 1. The average Bonchev–Trinajstić information content (AvgIpc) is 2.98. The van der Waals surface area contributed by atoms with Gasteiger partial charge in [-0.15, -0.1) is 0 Å². The summed E-state index contributed by atoms with van der Waals surface area (Å²) in [7, 11) is 3.43. The Labute approximate surface area is 146 Å². The molecule has 1 aliphatic heterocycles. The van der Waals surface area contributed by atoms with Gasteiger partial charge in [-0.3, -0.25) is 10.1 Å². The number of anilines is 2. The van der Waals surface area contributed by atoms with Gasteiger partial charge < -0.3 is 14.5 Å². The summed E-state index contributed by atoms with van der Waals surface area (Å²) in [6.45, 7) is 4.93. The number of aromatic nitrogens is 2. The number of rotatable bonds is 5. The zero-order valence-corrected chi connectivity index (χ0v) is 14.8.